The number of carbonyl (C=O) groups excluding carboxylic acids is 1. The van der Waals surface area contributed by atoms with Crippen molar-refractivity contribution in [3.63, 3.8) is 0 Å². The fourth-order valence-corrected chi connectivity index (χ4v) is 1.70. The number of hydrogen-bond donors (Lipinski definition) is 1. The Hall–Kier alpha value is -0.910. The molecule has 82 valence electrons. The zero-order valence-electron chi connectivity index (χ0n) is 8.36. The first-order valence-electron chi connectivity index (χ1n) is 4.20. The molecule has 0 aliphatic carbocycles. The van der Waals surface area contributed by atoms with Crippen molar-refractivity contribution in [3.8, 4) is 0 Å². The summed E-state index contributed by atoms with van der Waals surface area (Å²) in [5.41, 5.74) is 0. The van der Waals surface area contributed by atoms with Crippen LogP contribution in [-0.2, 0) is 20.4 Å². The van der Waals surface area contributed by atoms with E-state index in [1.807, 2.05) is 0 Å². The summed E-state index contributed by atoms with van der Waals surface area (Å²) < 4.78 is 11.0. The van der Waals surface area contributed by atoms with E-state index in [4.69, 9.17) is 5.11 Å². The van der Waals surface area contributed by atoms with Crippen LogP contribution in [0.4, 0.5) is 0 Å². The molecule has 0 saturated heterocycles. The molecular formula is C8H15NO4S. The highest BCUT2D eigenvalue weighted by Gasteiger charge is 2.08. The molecule has 6 heteroatoms. The maximum absolute atomic E-state index is 11.1. The Kier molecular flexibility index (Phi) is 6.11. The van der Waals surface area contributed by atoms with Gasteiger partial charge in [0.05, 0.1) is 0 Å². The van der Waals surface area contributed by atoms with Gasteiger partial charge in [-0.2, -0.15) is 0 Å². The van der Waals surface area contributed by atoms with Crippen molar-refractivity contribution in [3.05, 3.63) is 0 Å². The molecule has 1 N–H and O–H groups in total. The molecule has 0 fully saturated rings. The highest BCUT2D eigenvalue weighted by molar-refractivity contribution is 7.85. The van der Waals surface area contributed by atoms with Crippen molar-refractivity contribution < 1.29 is 18.9 Å². The van der Waals surface area contributed by atoms with E-state index in [1.165, 1.54) is 4.90 Å². The van der Waals surface area contributed by atoms with Gasteiger partial charge in [-0.15, -0.1) is 0 Å². The second-order valence-electron chi connectivity index (χ2n) is 3.07. The lowest BCUT2D eigenvalue weighted by atomic mass is 10.3. The van der Waals surface area contributed by atoms with Crippen molar-refractivity contribution in [2.24, 2.45) is 0 Å². The van der Waals surface area contributed by atoms with Crippen LogP contribution in [0, 0.1) is 0 Å². The maximum Gasteiger partial charge on any atom is 0.316 e. The van der Waals surface area contributed by atoms with Crippen LogP contribution in [0.1, 0.15) is 12.8 Å². The van der Waals surface area contributed by atoms with E-state index in [2.05, 4.69) is 0 Å². The van der Waals surface area contributed by atoms with Crippen LogP contribution in [0.5, 0.6) is 0 Å². The van der Waals surface area contributed by atoms with E-state index >= 15 is 0 Å². The van der Waals surface area contributed by atoms with Crippen molar-refractivity contribution >= 4 is 22.7 Å². The van der Waals surface area contributed by atoms with Crippen molar-refractivity contribution in [1.82, 2.24) is 4.90 Å². The third-order valence-electron chi connectivity index (χ3n) is 1.55. The minimum Gasteiger partial charge on any atom is -0.481 e. The van der Waals surface area contributed by atoms with E-state index in [0.717, 1.165) is 0 Å². The zero-order valence-corrected chi connectivity index (χ0v) is 9.17. The van der Waals surface area contributed by atoms with Gasteiger partial charge in [0, 0.05) is 37.1 Å². The molecule has 0 aromatic rings. The highest BCUT2D eigenvalue weighted by Crippen LogP contribution is 1.96. The van der Waals surface area contributed by atoms with E-state index in [9.17, 15) is 13.8 Å². The van der Waals surface area contributed by atoms with Gasteiger partial charge in [-0.05, 0) is 6.42 Å². The summed E-state index contributed by atoms with van der Waals surface area (Å²) in [6.45, 7) is 0. The van der Waals surface area contributed by atoms with E-state index in [-0.39, 0.29) is 17.4 Å². The fourth-order valence-electron chi connectivity index (χ4n) is 0.818. The molecule has 0 saturated carbocycles. The van der Waals surface area contributed by atoms with Crippen LogP contribution in [0.2, 0.25) is 0 Å². The lowest BCUT2D eigenvalue weighted by Crippen LogP contribution is -2.22. The van der Waals surface area contributed by atoms with Gasteiger partial charge >= 0.3 is 5.97 Å². The SMILES string of the molecule is CN(C)C(=O)CCCS(=O)CC(=O)O. The first-order chi connectivity index (χ1) is 6.43. The molecule has 1 amide bonds. The van der Waals surface area contributed by atoms with Gasteiger partial charge in [0.25, 0.3) is 0 Å². The topological polar surface area (TPSA) is 74.7 Å². The quantitative estimate of drug-likeness (QED) is 0.667. The summed E-state index contributed by atoms with van der Waals surface area (Å²) in [7, 11) is 1.95. The number of carbonyl (C=O) groups is 2. The molecule has 0 spiro atoms. The number of amides is 1. The van der Waals surface area contributed by atoms with Crippen LogP contribution in [-0.4, -0.2) is 51.7 Å². The van der Waals surface area contributed by atoms with Gasteiger partial charge in [0.15, 0.2) is 0 Å². The number of nitrogens with zero attached hydrogens (tertiary/aromatic N) is 1. The van der Waals surface area contributed by atoms with Gasteiger partial charge in [-0.1, -0.05) is 0 Å². The van der Waals surface area contributed by atoms with Crippen molar-refractivity contribution in [1.29, 1.82) is 0 Å². The van der Waals surface area contributed by atoms with E-state index in [1.54, 1.807) is 14.1 Å². The maximum atomic E-state index is 11.1. The average Bonchev–Trinajstić information content (AvgIpc) is 2.02. The monoisotopic (exact) mass is 221 g/mol. The molecule has 1 atom stereocenters. The number of carboxylic acid groups (broad SMARTS) is 1. The normalized spacial score (nSPS) is 12.1. The minimum atomic E-state index is -1.35. The second kappa shape index (κ2) is 6.53. The van der Waals surface area contributed by atoms with Crippen LogP contribution in [0.15, 0.2) is 0 Å². The third-order valence-corrected chi connectivity index (χ3v) is 2.86. The van der Waals surface area contributed by atoms with Gasteiger partial charge < -0.3 is 10.0 Å². The van der Waals surface area contributed by atoms with Gasteiger partial charge in [0.2, 0.25) is 5.91 Å². The molecule has 0 aromatic heterocycles. The van der Waals surface area contributed by atoms with Crippen LogP contribution in [0.25, 0.3) is 0 Å². The minimum absolute atomic E-state index is 0.0303. The predicted molar refractivity (Wildman–Crippen MR) is 53.4 cm³/mol. The molecule has 14 heavy (non-hydrogen) atoms. The lowest BCUT2D eigenvalue weighted by Gasteiger charge is -2.09. The molecular weight excluding hydrogens is 206 g/mol. The Bertz CT molecular complexity index is 239. The molecule has 0 aliphatic heterocycles. The van der Waals surface area contributed by atoms with Gasteiger partial charge in [-0.25, -0.2) is 0 Å². The zero-order chi connectivity index (χ0) is 11.1. The molecule has 5 nitrogen and oxygen atoms in total. The summed E-state index contributed by atoms with van der Waals surface area (Å²) in [6, 6.07) is 0. The van der Waals surface area contributed by atoms with E-state index < -0.39 is 16.8 Å². The number of carboxylic acids is 1. The predicted octanol–water partition coefficient (Wildman–Crippen LogP) is -0.312. The summed E-state index contributed by atoms with van der Waals surface area (Å²) >= 11 is 0. The van der Waals surface area contributed by atoms with Crippen LogP contribution in [0.3, 0.4) is 0 Å². The Labute approximate surface area is 85.5 Å². The van der Waals surface area contributed by atoms with Crippen molar-refractivity contribution in [2.45, 2.75) is 12.8 Å². The molecule has 0 rings (SSSR count). The standard InChI is InChI=1S/C8H15NO4S/c1-9(2)7(10)4-3-5-14(13)6-8(11)12/h3-6H2,1-2H3,(H,11,12). The summed E-state index contributed by atoms with van der Waals surface area (Å²) in [4.78, 5) is 22.7. The smallest absolute Gasteiger partial charge is 0.316 e. The number of rotatable bonds is 6. The lowest BCUT2D eigenvalue weighted by molar-refractivity contribution is -0.134. The molecule has 0 bridgehead atoms. The molecule has 0 aromatic carbocycles. The third kappa shape index (κ3) is 6.59. The van der Waals surface area contributed by atoms with Crippen LogP contribution < -0.4 is 0 Å². The second-order valence-corrected chi connectivity index (χ2v) is 4.65. The number of hydrogen-bond acceptors (Lipinski definition) is 3. The summed E-state index contributed by atoms with van der Waals surface area (Å²) in [5, 5.41) is 8.31. The summed E-state index contributed by atoms with van der Waals surface area (Å²) in [6.07, 6.45) is 0.787. The first-order valence-corrected chi connectivity index (χ1v) is 5.69. The van der Waals surface area contributed by atoms with Gasteiger partial charge in [-0.3, -0.25) is 13.8 Å². The van der Waals surface area contributed by atoms with E-state index in [0.29, 0.717) is 12.8 Å². The Balaban J connectivity index is 3.59. The first kappa shape index (κ1) is 13.1. The average molecular weight is 221 g/mol. The Morgan fingerprint density at radius 2 is 1.93 bits per heavy atom. The largest absolute Gasteiger partial charge is 0.481 e. The van der Waals surface area contributed by atoms with Crippen LogP contribution >= 0.6 is 0 Å². The Morgan fingerprint density at radius 1 is 1.36 bits per heavy atom. The molecule has 0 radical (unpaired) electrons. The van der Waals surface area contributed by atoms with Gasteiger partial charge in [0.1, 0.15) is 5.75 Å². The molecule has 0 aliphatic rings. The fraction of sp³-hybridized carbons (Fsp3) is 0.750. The molecule has 1 unspecified atom stereocenters. The Morgan fingerprint density at radius 3 is 2.36 bits per heavy atom. The molecule has 0 heterocycles. The highest BCUT2D eigenvalue weighted by atomic mass is 32.2. The van der Waals surface area contributed by atoms with Crippen molar-refractivity contribution in [2.75, 3.05) is 25.6 Å². The summed E-state index contributed by atoms with van der Waals surface area (Å²) in [5.74, 6) is -1.17. The number of aliphatic carboxylic acids is 1.